The van der Waals surface area contributed by atoms with E-state index in [1.165, 1.54) is 24.8 Å². The summed E-state index contributed by atoms with van der Waals surface area (Å²) in [4.78, 5) is 0. The Morgan fingerprint density at radius 1 is 1.58 bits per heavy atom. The number of hydrogen-bond acceptors (Lipinski definition) is 1. The van der Waals surface area contributed by atoms with Crippen molar-refractivity contribution < 1.29 is 4.74 Å². The number of methoxy groups -OCH3 is 1. The van der Waals surface area contributed by atoms with Crippen molar-refractivity contribution in [3.63, 3.8) is 0 Å². The molecular weight excluding hydrogens is 148 g/mol. The van der Waals surface area contributed by atoms with E-state index in [0.29, 0.717) is 5.92 Å². The van der Waals surface area contributed by atoms with Crippen LogP contribution in [0.4, 0.5) is 0 Å². The maximum absolute atomic E-state index is 5.27. The van der Waals surface area contributed by atoms with Crippen molar-refractivity contribution in [2.45, 2.75) is 33.1 Å². The van der Waals surface area contributed by atoms with E-state index in [9.17, 15) is 0 Å². The summed E-state index contributed by atoms with van der Waals surface area (Å²) in [6.07, 6.45) is 8.26. The van der Waals surface area contributed by atoms with Crippen LogP contribution in [-0.4, -0.2) is 7.11 Å². The minimum Gasteiger partial charge on any atom is -0.497 e. The summed E-state index contributed by atoms with van der Waals surface area (Å²) in [7, 11) is 1.75. The quantitative estimate of drug-likeness (QED) is 0.625. The number of ether oxygens (including phenoxy) is 1. The van der Waals surface area contributed by atoms with Gasteiger partial charge in [0.25, 0.3) is 0 Å². The summed E-state index contributed by atoms with van der Waals surface area (Å²) in [5.41, 5.74) is 1.28. The van der Waals surface area contributed by atoms with Crippen molar-refractivity contribution in [1.29, 1.82) is 0 Å². The number of allylic oxidation sites excluding steroid dienone is 3. The third-order valence-electron chi connectivity index (χ3n) is 2.38. The fourth-order valence-electron chi connectivity index (χ4n) is 1.64. The molecule has 1 aliphatic rings. The average molecular weight is 166 g/mol. The lowest BCUT2D eigenvalue weighted by Crippen LogP contribution is -2.04. The van der Waals surface area contributed by atoms with E-state index in [2.05, 4.69) is 26.0 Å². The predicted octanol–water partition coefficient (Wildman–Crippen LogP) is 3.28. The second-order valence-corrected chi connectivity index (χ2v) is 3.41. The lowest BCUT2D eigenvalue weighted by atomic mass is 9.92. The second-order valence-electron chi connectivity index (χ2n) is 3.41. The second kappa shape index (κ2) is 4.34. The molecule has 1 unspecified atom stereocenters. The summed E-state index contributed by atoms with van der Waals surface area (Å²) in [5.74, 6) is 1.77. The van der Waals surface area contributed by atoms with Gasteiger partial charge < -0.3 is 4.74 Å². The third-order valence-corrected chi connectivity index (χ3v) is 2.38. The lowest BCUT2D eigenvalue weighted by Gasteiger charge is -2.18. The van der Waals surface area contributed by atoms with E-state index in [1.807, 2.05) is 0 Å². The molecule has 0 aromatic rings. The molecule has 1 atom stereocenters. The van der Waals surface area contributed by atoms with Crippen molar-refractivity contribution in [1.82, 2.24) is 0 Å². The molecule has 0 aromatic carbocycles. The van der Waals surface area contributed by atoms with Crippen molar-refractivity contribution in [2.75, 3.05) is 7.11 Å². The van der Waals surface area contributed by atoms with Crippen molar-refractivity contribution >= 4 is 0 Å². The molecule has 0 bridgehead atoms. The summed E-state index contributed by atoms with van der Waals surface area (Å²) >= 11 is 0. The maximum Gasteiger partial charge on any atom is 0.117 e. The van der Waals surface area contributed by atoms with Crippen LogP contribution in [0, 0.1) is 5.92 Å². The highest BCUT2D eigenvalue weighted by Gasteiger charge is 2.12. The van der Waals surface area contributed by atoms with Crippen LogP contribution in [0.2, 0.25) is 0 Å². The fraction of sp³-hybridized carbons (Fsp3) is 0.636. The molecule has 0 heterocycles. The van der Waals surface area contributed by atoms with Gasteiger partial charge in [-0.3, -0.25) is 0 Å². The first-order chi connectivity index (χ1) is 5.77. The molecule has 1 aliphatic carbocycles. The Hall–Kier alpha value is -0.720. The van der Waals surface area contributed by atoms with E-state index < -0.39 is 0 Å². The Kier molecular flexibility index (Phi) is 3.39. The Bertz CT molecular complexity index is 201. The van der Waals surface area contributed by atoms with E-state index in [1.54, 1.807) is 7.11 Å². The van der Waals surface area contributed by atoms with Crippen molar-refractivity contribution in [3.05, 3.63) is 23.5 Å². The molecule has 0 fully saturated rings. The highest BCUT2D eigenvalue weighted by molar-refractivity contribution is 5.28. The molecule has 12 heavy (non-hydrogen) atoms. The van der Waals surface area contributed by atoms with Gasteiger partial charge in [0.15, 0.2) is 0 Å². The molecule has 0 aromatic heterocycles. The van der Waals surface area contributed by atoms with Crippen LogP contribution >= 0.6 is 0 Å². The van der Waals surface area contributed by atoms with Gasteiger partial charge >= 0.3 is 0 Å². The van der Waals surface area contributed by atoms with Gasteiger partial charge in [-0.1, -0.05) is 19.4 Å². The first-order valence-electron chi connectivity index (χ1n) is 4.70. The van der Waals surface area contributed by atoms with E-state index in [0.717, 1.165) is 5.76 Å². The van der Waals surface area contributed by atoms with Crippen LogP contribution in [0.15, 0.2) is 23.5 Å². The SMILES string of the molecule is CCCC1C=C(OC)C(C)=CC1. The van der Waals surface area contributed by atoms with Crippen molar-refractivity contribution in [2.24, 2.45) is 5.92 Å². The monoisotopic (exact) mass is 166 g/mol. The molecule has 68 valence electrons. The lowest BCUT2D eigenvalue weighted by molar-refractivity contribution is 0.292. The van der Waals surface area contributed by atoms with Gasteiger partial charge in [-0.15, -0.1) is 0 Å². The number of hydrogen-bond donors (Lipinski definition) is 0. The van der Waals surface area contributed by atoms with Crippen LogP contribution in [0.1, 0.15) is 33.1 Å². The van der Waals surface area contributed by atoms with Gasteiger partial charge in [-0.2, -0.15) is 0 Å². The van der Waals surface area contributed by atoms with E-state index in [4.69, 9.17) is 4.74 Å². The van der Waals surface area contributed by atoms with E-state index >= 15 is 0 Å². The molecular formula is C11H18O. The van der Waals surface area contributed by atoms with Crippen LogP contribution in [0.5, 0.6) is 0 Å². The van der Waals surface area contributed by atoms with Gasteiger partial charge in [-0.25, -0.2) is 0 Å². The van der Waals surface area contributed by atoms with Crippen molar-refractivity contribution in [3.8, 4) is 0 Å². The normalized spacial score (nSPS) is 23.1. The molecule has 1 rings (SSSR count). The van der Waals surface area contributed by atoms with Crippen LogP contribution in [-0.2, 0) is 4.74 Å². The minimum absolute atomic E-state index is 0.702. The molecule has 1 nitrogen and oxygen atoms in total. The van der Waals surface area contributed by atoms with Crippen LogP contribution in [0.3, 0.4) is 0 Å². The Morgan fingerprint density at radius 2 is 2.33 bits per heavy atom. The summed E-state index contributed by atoms with van der Waals surface area (Å²) in [5, 5.41) is 0. The zero-order valence-corrected chi connectivity index (χ0v) is 8.26. The summed E-state index contributed by atoms with van der Waals surface area (Å²) < 4.78 is 5.27. The topological polar surface area (TPSA) is 9.23 Å². The maximum atomic E-state index is 5.27. The van der Waals surface area contributed by atoms with Gasteiger partial charge in [0, 0.05) is 0 Å². The zero-order chi connectivity index (χ0) is 8.97. The van der Waals surface area contributed by atoms with Gasteiger partial charge in [-0.05, 0) is 37.3 Å². The standard InChI is InChI=1S/C11H18O/c1-4-5-10-7-6-9(2)11(8-10)12-3/h6,8,10H,4-5,7H2,1-3H3. The molecule has 0 saturated carbocycles. The molecule has 1 heteroatoms. The average Bonchev–Trinajstić information content (AvgIpc) is 2.09. The summed E-state index contributed by atoms with van der Waals surface area (Å²) in [6.45, 7) is 4.34. The third kappa shape index (κ3) is 2.13. The highest BCUT2D eigenvalue weighted by Crippen LogP contribution is 2.25. The minimum atomic E-state index is 0.702. The molecule has 0 saturated heterocycles. The van der Waals surface area contributed by atoms with Gasteiger partial charge in [0.1, 0.15) is 5.76 Å². The smallest absolute Gasteiger partial charge is 0.117 e. The Morgan fingerprint density at radius 3 is 2.92 bits per heavy atom. The molecule has 0 aliphatic heterocycles. The highest BCUT2D eigenvalue weighted by atomic mass is 16.5. The Labute approximate surface area is 75.1 Å². The summed E-state index contributed by atoms with van der Waals surface area (Å²) in [6, 6.07) is 0. The molecule has 0 amide bonds. The first kappa shape index (κ1) is 9.37. The molecule has 0 N–H and O–H groups in total. The van der Waals surface area contributed by atoms with E-state index in [-0.39, 0.29) is 0 Å². The largest absolute Gasteiger partial charge is 0.497 e. The molecule has 0 spiro atoms. The Balaban J connectivity index is 2.60. The fourth-order valence-corrected chi connectivity index (χ4v) is 1.64. The van der Waals surface area contributed by atoms with Crippen LogP contribution in [0.25, 0.3) is 0 Å². The predicted molar refractivity (Wildman–Crippen MR) is 51.9 cm³/mol. The molecule has 0 radical (unpaired) electrons. The van der Waals surface area contributed by atoms with Gasteiger partial charge in [0.05, 0.1) is 7.11 Å². The first-order valence-corrected chi connectivity index (χ1v) is 4.70. The number of rotatable bonds is 3. The zero-order valence-electron chi connectivity index (χ0n) is 8.26. The van der Waals surface area contributed by atoms with Gasteiger partial charge in [0.2, 0.25) is 0 Å². The van der Waals surface area contributed by atoms with Crippen LogP contribution < -0.4 is 0 Å².